The van der Waals surface area contributed by atoms with Crippen molar-refractivity contribution in [1.82, 2.24) is 0 Å². The Bertz CT molecular complexity index is 696. The molecule has 0 amide bonds. The Morgan fingerprint density at radius 1 is 0.944 bits per heavy atom. The average molecular weight is 260 g/mol. The third-order valence-electron chi connectivity index (χ3n) is 3.15. The smallest absolute Gasteiger partial charge is 0.133 e. The Morgan fingerprint density at radius 2 is 1.50 bits per heavy atom. The number of methoxy groups -OCH3 is 1. The van der Waals surface area contributed by atoms with Crippen LogP contribution in [0.1, 0.15) is 0 Å². The van der Waals surface area contributed by atoms with Gasteiger partial charge < -0.3 is 4.74 Å². The van der Waals surface area contributed by atoms with Gasteiger partial charge >= 0.3 is 0 Å². The molecule has 0 fully saturated rings. The van der Waals surface area contributed by atoms with Crippen LogP contribution in [0.5, 0.6) is 5.75 Å². The largest absolute Gasteiger partial charge is 0.495 e. The molecule has 0 spiro atoms. The molecular weight excluding hydrogens is 240 g/mol. The highest BCUT2D eigenvalue weighted by Gasteiger charge is 2.16. The van der Waals surface area contributed by atoms with Crippen LogP contribution < -0.4 is 15.2 Å². The number of rotatable bonds is 2. The normalized spacial score (nSPS) is 12.7. The van der Waals surface area contributed by atoms with Crippen molar-refractivity contribution in [3.63, 3.8) is 0 Å². The minimum atomic E-state index is -0.866. The Hall–Kier alpha value is -1.41. The molecule has 0 N–H and O–H groups in total. The Morgan fingerprint density at radius 3 is 2.00 bits per heavy atom. The van der Waals surface area contributed by atoms with Gasteiger partial charge in [-0.05, 0) is 29.4 Å². The van der Waals surface area contributed by atoms with Gasteiger partial charge in [0.1, 0.15) is 5.75 Å². The lowest BCUT2D eigenvalue weighted by molar-refractivity contribution is 0.416. The Kier molecular flexibility index (Phi) is 3.16. The second-order valence-electron chi connectivity index (χ2n) is 5.20. The van der Waals surface area contributed by atoms with E-state index in [0.29, 0.717) is 0 Å². The van der Waals surface area contributed by atoms with Gasteiger partial charge in [0.15, 0.2) is 0 Å². The van der Waals surface area contributed by atoms with Crippen LogP contribution in [-0.2, 0) is 0 Å². The van der Waals surface area contributed by atoms with E-state index < -0.39 is 10.0 Å². The fourth-order valence-electron chi connectivity index (χ4n) is 2.41. The van der Waals surface area contributed by atoms with Crippen molar-refractivity contribution in [3.05, 3.63) is 34.7 Å². The van der Waals surface area contributed by atoms with Gasteiger partial charge in [-0.2, -0.15) is 0 Å². The zero-order chi connectivity index (χ0) is 13.5. The van der Waals surface area contributed by atoms with Crippen LogP contribution in [-0.4, -0.2) is 25.9 Å². The molecule has 2 heteroatoms. The monoisotopic (exact) mass is 260 g/mol. The lowest BCUT2D eigenvalue weighted by Crippen LogP contribution is -2.28. The molecule has 0 aliphatic heterocycles. The fourth-order valence-corrected chi connectivity index (χ4v) is 4.11. The maximum atomic E-state index is 5.51. The number of benzene rings is 2. The van der Waals surface area contributed by atoms with E-state index in [0.717, 1.165) is 21.6 Å². The summed E-state index contributed by atoms with van der Waals surface area (Å²) in [6, 6.07) is 8.35. The lowest BCUT2D eigenvalue weighted by atomic mass is 10.1. The standard InChI is InChI=1S/C16H20OS/c1-11-12(2)16(18(4,5)6)14-10-8-7-9-13(14)15(11)17-3/h7-10H,1-2H2,3-6H3. The summed E-state index contributed by atoms with van der Waals surface area (Å²) in [7, 11) is 0.828. The summed E-state index contributed by atoms with van der Waals surface area (Å²) in [6.45, 7) is 8.36. The maximum Gasteiger partial charge on any atom is 0.133 e. The minimum Gasteiger partial charge on any atom is -0.495 e. The van der Waals surface area contributed by atoms with E-state index in [1.807, 2.05) is 6.07 Å². The van der Waals surface area contributed by atoms with E-state index in [2.05, 4.69) is 50.1 Å². The highest BCUT2D eigenvalue weighted by atomic mass is 32.3. The molecule has 0 heterocycles. The van der Waals surface area contributed by atoms with Gasteiger partial charge in [0.25, 0.3) is 0 Å². The average Bonchev–Trinajstić information content (AvgIpc) is 2.29. The number of ether oxygens (including phenoxy) is 1. The van der Waals surface area contributed by atoms with Crippen LogP contribution in [0.4, 0.5) is 0 Å². The zero-order valence-electron chi connectivity index (χ0n) is 11.5. The molecule has 0 radical (unpaired) electrons. The minimum absolute atomic E-state index is 0.850. The molecule has 0 unspecified atom stereocenters. The number of hydrogen-bond donors (Lipinski definition) is 0. The quantitative estimate of drug-likeness (QED) is 0.807. The Labute approximate surface area is 110 Å². The molecule has 0 saturated carbocycles. The molecule has 0 aliphatic carbocycles. The highest BCUT2D eigenvalue weighted by molar-refractivity contribution is 8.32. The van der Waals surface area contributed by atoms with E-state index in [1.54, 1.807) is 7.11 Å². The molecule has 0 bridgehead atoms. The summed E-state index contributed by atoms with van der Waals surface area (Å²) >= 11 is 0. The second kappa shape index (κ2) is 4.36. The molecule has 2 aromatic carbocycles. The molecule has 0 aromatic heterocycles. The van der Waals surface area contributed by atoms with Gasteiger partial charge in [-0.15, -0.1) is 0 Å². The molecular formula is C16H20OS. The van der Waals surface area contributed by atoms with Crippen molar-refractivity contribution < 1.29 is 4.74 Å². The third kappa shape index (κ3) is 1.91. The lowest BCUT2D eigenvalue weighted by Gasteiger charge is -2.29. The van der Waals surface area contributed by atoms with E-state index >= 15 is 0 Å². The van der Waals surface area contributed by atoms with E-state index in [4.69, 9.17) is 4.74 Å². The predicted molar refractivity (Wildman–Crippen MR) is 84.4 cm³/mol. The van der Waals surface area contributed by atoms with Crippen LogP contribution in [0.25, 0.3) is 23.9 Å². The first-order valence-electron chi connectivity index (χ1n) is 5.83. The van der Waals surface area contributed by atoms with Crippen LogP contribution in [0.2, 0.25) is 0 Å². The Balaban J connectivity index is 3.10. The second-order valence-corrected chi connectivity index (χ2v) is 9.28. The van der Waals surface area contributed by atoms with Gasteiger partial charge in [-0.25, -0.2) is 10.0 Å². The molecule has 0 aliphatic rings. The van der Waals surface area contributed by atoms with Crippen molar-refractivity contribution in [2.75, 3.05) is 25.9 Å². The molecule has 18 heavy (non-hydrogen) atoms. The highest BCUT2D eigenvalue weighted by Crippen LogP contribution is 2.46. The first kappa shape index (κ1) is 13.0. The summed E-state index contributed by atoms with van der Waals surface area (Å²) in [6.07, 6.45) is 6.86. The summed E-state index contributed by atoms with van der Waals surface area (Å²) < 4.78 is 5.51. The summed E-state index contributed by atoms with van der Waals surface area (Å²) in [5.74, 6) is 0.850. The first-order valence-corrected chi connectivity index (χ1v) is 8.68. The molecule has 2 aromatic rings. The summed E-state index contributed by atoms with van der Waals surface area (Å²) in [4.78, 5) is 1.34. The topological polar surface area (TPSA) is 9.23 Å². The van der Waals surface area contributed by atoms with Crippen molar-refractivity contribution in [1.29, 1.82) is 0 Å². The predicted octanol–water partition coefficient (Wildman–Crippen LogP) is 2.72. The van der Waals surface area contributed by atoms with Crippen molar-refractivity contribution in [3.8, 4) is 5.75 Å². The van der Waals surface area contributed by atoms with Crippen molar-refractivity contribution >= 4 is 34.0 Å². The van der Waals surface area contributed by atoms with Crippen LogP contribution >= 0.6 is 10.0 Å². The number of hydrogen-bond acceptors (Lipinski definition) is 1. The van der Waals surface area contributed by atoms with Crippen molar-refractivity contribution in [2.45, 2.75) is 4.90 Å². The van der Waals surface area contributed by atoms with Crippen LogP contribution in [0.15, 0.2) is 29.2 Å². The molecule has 0 saturated heterocycles. The molecule has 96 valence electrons. The van der Waals surface area contributed by atoms with Gasteiger partial charge in [0.2, 0.25) is 0 Å². The van der Waals surface area contributed by atoms with E-state index in [-0.39, 0.29) is 0 Å². The third-order valence-corrected chi connectivity index (χ3v) is 4.84. The van der Waals surface area contributed by atoms with Gasteiger partial charge in [0, 0.05) is 15.5 Å². The zero-order valence-corrected chi connectivity index (χ0v) is 12.4. The van der Waals surface area contributed by atoms with E-state index in [1.165, 1.54) is 10.3 Å². The van der Waals surface area contributed by atoms with Crippen LogP contribution in [0, 0.1) is 0 Å². The SMILES string of the molecule is C=c1c(OC)c2ccccc2c(S(C)(C)C)c1=C. The number of fused-ring (bicyclic) bond motifs is 1. The van der Waals surface area contributed by atoms with Gasteiger partial charge in [-0.1, -0.05) is 37.4 Å². The molecule has 1 nitrogen and oxygen atoms in total. The summed E-state index contributed by atoms with van der Waals surface area (Å²) in [5, 5.41) is 4.31. The fraction of sp³-hybridized carbons (Fsp3) is 0.250. The maximum absolute atomic E-state index is 5.51. The molecule has 2 rings (SSSR count). The van der Waals surface area contributed by atoms with Gasteiger partial charge in [-0.3, -0.25) is 0 Å². The first-order chi connectivity index (χ1) is 8.38. The van der Waals surface area contributed by atoms with Crippen LogP contribution in [0.3, 0.4) is 0 Å². The molecule has 0 atom stereocenters. The van der Waals surface area contributed by atoms with Crippen molar-refractivity contribution in [2.24, 2.45) is 0 Å². The summed E-state index contributed by atoms with van der Waals surface area (Å²) in [5.41, 5.74) is 0. The van der Waals surface area contributed by atoms with Gasteiger partial charge in [0.05, 0.1) is 7.11 Å². The van der Waals surface area contributed by atoms with E-state index in [9.17, 15) is 0 Å².